The van der Waals surface area contributed by atoms with E-state index in [-0.39, 0.29) is 12.1 Å². The first-order chi connectivity index (χ1) is 4.70. The van der Waals surface area contributed by atoms with E-state index in [1.807, 2.05) is 6.92 Å². The number of hydrogen-bond acceptors (Lipinski definition) is 3. The number of aliphatic imine (C=N–C) groups is 1. The van der Waals surface area contributed by atoms with Crippen molar-refractivity contribution in [3.63, 3.8) is 0 Å². The summed E-state index contributed by atoms with van der Waals surface area (Å²) in [5, 5.41) is 11.8. The number of ether oxygens (including phenoxy) is 1. The van der Waals surface area contributed by atoms with E-state index in [0.717, 1.165) is 0 Å². The average Bonchev–Trinajstić information content (AvgIpc) is 2.33. The van der Waals surface area contributed by atoms with Crippen molar-refractivity contribution in [2.45, 2.75) is 12.5 Å². The van der Waals surface area contributed by atoms with E-state index in [4.69, 9.17) is 9.84 Å². The predicted molar refractivity (Wildman–Crippen MR) is 37.9 cm³/mol. The molecule has 58 valence electrons. The van der Waals surface area contributed by atoms with Crippen LogP contribution in [0.25, 0.3) is 0 Å². The molecule has 0 spiro atoms. The molecule has 10 heavy (non-hydrogen) atoms. The monoisotopic (exact) mass is 144 g/mol. The fourth-order valence-corrected chi connectivity index (χ4v) is 0.764. The number of nitrogens with zero attached hydrogens (tertiary/aromatic N) is 1. The van der Waals surface area contributed by atoms with E-state index in [1.54, 1.807) is 7.05 Å². The lowest BCUT2D eigenvalue weighted by atomic mass is 10.1. The van der Waals surface area contributed by atoms with Crippen molar-refractivity contribution in [1.29, 1.82) is 0 Å². The third-order valence-electron chi connectivity index (χ3n) is 1.49. The van der Waals surface area contributed by atoms with Gasteiger partial charge in [-0.1, -0.05) is 0 Å². The van der Waals surface area contributed by atoms with Gasteiger partial charge >= 0.3 is 0 Å². The quantitative estimate of drug-likeness (QED) is 0.514. The average molecular weight is 144 g/mol. The Balaban J connectivity index is 2.57. The zero-order chi connectivity index (χ0) is 7.61. The molecule has 0 radical (unpaired) electrons. The van der Waals surface area contributed by atoms with Gasteiger partial charge in [0, 0.05) is 7.05 Å². The predicted octanol–water partition coefficient (Wildman–Crippen LogP) is -0.657. The molecule has 0 aliphatic carbocycles. The van der Waals surface area contributed by atoms with Crippen LogP contribution in [-0.4, -0.2) is 36.9 Å². The van der Waals surface area contributed by atoms with Gasteiger partial charge in [0.2, 0.25) is 0 Å². The molecule has 1 rings (SSSR count). The van der Waals surface area contributed by atoms with Crippen LogP contribution >= 0.6 is 0 Å². The van der Waals surface area contributed by atoms with E-state index in [1.165, 1.54) is 0 Å². The van der Waals surface area contributed by atoms with Crippen molar-refractivity contribution < 1.29 is 9.84 Å². The van der Waals surface area contributed by atoms with Gasteiger partial charge in [-0.2, -0.15) is 0 Å². The molecule has 4 nitrogen and oxygen atoms in total. The molecule has 0 aromatic rings. The minimum atomic E-state index is -0.338. The smallest absolute Gasteiger partial charge is 0.285 e. The van der Waals surface area contributed by atoms with Crippen LogP contribution in [0.2, 0.25) is 0 Å². The second kappa shape index (κ2) is 2.46. The maximum Gasteiger partial charge on any atom is 0.285 e. The van der Waals surface area contributed by atoms with Gasteiger partial charge in [0.05, 0.1) is 12.1 Å². The highest BCUT2D eigenvalue weighted by Gasteiger charge is 2.32. The Hall–Kier alpha value is -0.770. The zero-order valence-electron chi connectivity index (χ0n) is 6.22. The largest absolute Gasteiger partial charge is 0.463 e. The molecule has 2 N–H and O–H groups in total. The van der Waals surface area contributed by atoms with Gasteiger partial charge in [-0.05, 0) is 6.92 Å². The van der Waals surface area contributed by atoms with Crippen LogP contribution in [0.3, 0.4) is 0 Å². The molecule has 1 unspecified atom stereocenters. The highest BCUT2D eigenvalue weighted by Crippen LogP contribution is 2.09. The Morgan fingerprint density at radius 1 is 1.90 bits per heavy atom. The van der Waals surface area contributed by atoms with Crippen LogP contribution < -0.4 is 5.32 Å². The van der Waals surface area contributed by atoms with Crippen molar-refractivity contribution in [3.05, 3.63) is 0 Å². The lowest BCUT2D eigenvalue weighted by Crippen LogP contribution is -2.43. The number of rotatable bonds is 1. The lowest BCUT2D eigenvalue weighted by molar-refractivity contribution is 0.169. The molecular formula is C6H12N2O2. The highest BCUT2D eigenvalue weighted by molar-refractivity contribution is 5.76. The Bertz CT molecular complexity index is 158. The summed E-state index contributed by atoms with van der Waals surface area (Å²) in [4.78, 5) is 3.80. The van der Waals surface area contributed by atoms with Crippen molar-refractivity contribution in [2.75, 3.05) is 20.3 Å². The maximum atomic E-state index is 8.84. The molecule has 0 aromatic heterocycles. The van der Waals surface area contributed by atoms with Crippen LogP contribution in [-0.2, 0) is 4.74 Å². The van der Waals surface area contributed by atoms with Crippen molar-refractivity contribution in [2.24, 2.45) is 4.99 Å². The van der Waals surface area contributed by atoms with E-state index in [0.29, 0.717) is 12.6 Å². The lowest BCUT2D eigenvalue weighted by Gasteiger charge is -2.16. The summed E-state index contributed by atoms with van der Waals surface area (Å²) in [6.45, 7) is 2.42. The van der Waals surface area contributed by atoms with Gasteiger partial charge in [0.15, 0.2) is 0 Å². The number of hydrogen-bond donors (Lipinski definition) is 2. The molecule has 1 heterocycles. The van der Waals surface area contributed by atoms with Crippen molar-refractivity contribution in [3.8, 4) is 0 Å². The van der Waals surface area contributed by atoms with E-state index in [9.17, 15) is 0 Å². The molecule has 1 atom stereocenters. The molecule has 0 bridgehead atoms. The van der Waals surface area contributed by atoms with Gasteiger partial charge < -0.3 is 15.2 Å². The molecule has 0 saturated carbocycles. The Labute approximate surface area is 59.9 Å². The Morgan fingerprint density at radius 2 is 2.60 bits per heavy atom. The minimum absolute atomic E-state index is 0.0615. The summed E-state index contributed by atoms with van der Waals surface area (Å²) in [6.07, 6.45) is 0. The fourth-order valence-electron chi connectivity index (χ4n) is 0.764. The van der Waals surface area contributed by atoms with Gasteiger partial charge in [0.25, 0.3) is 6.02 Å². The van der Waals surface area contributed by atoms with Crippen LogP contribution in [0, 0.1) is 0 Å². The zero-order valence-corrected chi connectivity index (χ0v) is 6.22. The molecule has 1 aliphatic rings. The standard InChI is InChI=1S/C6H12N2O2/c1-6(3-9)4-10-5(7-2)8-6/h9H,3-4H2,1-2H3,(H,7,8). The molecule has 0 amide bonds. The fraction of sp³-hybridized carbons (Fsp3) is 0.833. The van der Waals surface area contributed by atoms with E-state index < -0.39 is 0 Å². The number of amidine groups is 1. The van der Waals surface area contributed by atoms with Gasteiger partial charge in [-0.3, -0.25) is 0 Å². The maximum absolute atomic E-state index is 8.84. The Morgan fingerprint density at radius 3 is 2.90 bits per heavy atom. The molecular weight excluding hydrogens is 132 g/mol. The normalized spacial score (nSPS) is 35.7. The molecule has 1 aliphatic heterocycles. The van der Waals surface area contributed by atoms with Crippen LogP contribution in [0.4, 0.5) is 0 Å². The molecule has 1 fully saturated rings. The highest BCUT2D eigenvalue weighted by atomic mass is 16.5. The first kappa shape index (κ1) is 7.34. The topological polar surface area (TPSA) is 53.9 Å². The number of aliphatic hydroxyl groups is 1. The summed E-state index contributed by atoms with van der Waals surface area (Å²) >= 11 is 0. The number of nitrogens with one attached hydrogen (secondary N) is 1. The summed E-state index contributed by atoms with van der Waals surface area (Å²) in [7, 11) is 1.64. The van der Waals surface area contributed by atoms with Crippen LogP contribution in [0.5, 0.6) is 0 Å². The van der Waals surface area contributed by atoms with Crippen LogP contribution in [0.1, 0.15) is 6.92 Å². The third kappa shape index (κ3) is 1.21. The molecule has 4 heteroatoms. The summed E-state index contributed by atoms with van der Waals surface area (Å²) in [6, 6.07) is 0.511. The molecule has 0 aromatic carbocycles. The summed E-state index contributed by atoms with van der Waals surface area (Å²) in [5.74, 6) is 0. The minimum Gasteiger partial charge on any atom is -0.463 e. The van der Waals surface area contributed by atoms with E-state index >= 15 is 0 Å². The first-order valence-corrected chi connectivity index (χ1v) is 3.19. The first-order valence-electron chi connectivity index (χ1n) is 3.19. The summed E-state index contributed by atoms with van der Waals surface area (Å²) in [5.41, 5.74) is -0.338. The number of aliphatic hydroxyl groups excluding tert-OH is 1. The van der Waals surface area contributed by atoms with Gasteiger partial charge in [-0.15, -0.1) is 0 Å². The van der Waals surface area contributed by atoms with Crippen molar-refractivity contribution >= 4 is 6.02 Å². The van der Waals surface area contributed by atoms with Crippen LogP contribution in [0.15, 0.2) is 4.99 Å². The molecule has 1 saturated heterocycles. The third-order valence-corrected chi connectivity index (χ3v) is 1.49. The summed E-state index contributed by atoms with van der Waals surface area (Å²) < 4.78 is 5.09. The second-order valence-corrected chi connectivity index (χ2v) is 2.66. The van der Waals surface area contributed by atoms with E-state index in [2.05, 4.69) is 10.3 Å². The van der Waals surface area contributed by atoms with Crippen molar-refractivity contribution in [1.82, 2.24) is 5.32 Å². The van der Waals surface area contributed by atoms with Gasteiger partial charge in [0.1, 0.15) is 6.61 Å². The Kier molecular flexibility index (Phi) is 1.80. The second-order valence-electron chi connectivity index (χ2n) is 2.66. The SMILES string of the molecule is CN=C1NC(C)(CO)CO1. The van der Waals surface area contributed by atoms with Gasteiger partial charge in [-0.25, -0.2) is 4.99 Å².